The number of rotatable bonds is 5. The number of nitrogens with one attached hydrogen (secondary N) is 1. The minimum absolute atomic E-state index is 0.338. The van der Waals surface area contributed by atoms with Crippen LogP contribution in [0.5, 0.6) is 0 Å². The largest absolute Gasteiger partial charge is 0.376 e. The lowest BCUT2D eigenvalue weighted by molar-refractivity contribution is -0.0694. The Morgan fingerprint density at radius 3 is 2.78 bits per heavy atom. The number of hydrogen-bond donors (Lipinski definition) is 1. The fourth-order valence-electron chi connectivity index (χ4n) is 3.32. The summed E-state index contributed by atoms with van der Waals surface area (Å²) in [5, 5.41) is 3.61. The van der Waals surface area contributed by atoms with Crippen LogP contribution in [0.2, 0.25) is 0 Å². The molecule has 1 aliphatic heterocycles. The van der Waals surface area contributed by atoms with Gasteiger partial charge in [0.25, 0.3) is 0 Å². The van der Waals surface area contributed by atoms with E-state index in [1.165, 1.54) is 32.1 Å². The van der Waals surface area contributed by atoms with Gasteiger partial charge in [-0.25, -0.2) is 0 Å². The molecule has 1 saturated heterocycles. The zero-order valence-electron chi connectivity index (χ0n) is 12.2. The van der Waals surface area contributed by atoms with Crippen molar-refractivity contribution in [1.29, 1.82) is 0 Å². The van der Waals surface area contributed by atoms with E-state index < -0.39 is 0 Å². The molecular weight excluding hydrogens is 226 g/mol. The van der Waals surface area contributed by atoms with Crippen molar-refractivity contribution in [1.82, 2.24) is 5.32 Å². The van der Waals surface area contributed by atoms with Crippen molar-refractivity contribution in [3.05, 3.63) is 0 Å². The first kappa shape index (κ1) is 14.3. The average molecular weight is 255 g/mol. The minimum atomic E-state index is 0.338. The van der Waals surface area contributed by atoms with Crippen molar-refractivity contribution in [2.24, 2.45) is 5.41 Å². The summed E-state index contributed by atoms with van der Waals surface area (Å²) in [6.07, 6.45) is 6.81. The summed E-state index contributed by atoms with van der Waals surface area (Å²) in [6, 6.07) is 0.492. The summed E-state index contributed by atoms with van der Waals surface area (Å²) < 4.78 is 11.9. The van der Waals surface area contributed by atoms with Crippen LogP contribution >= 0.6 is 0 Å². The van der Waals surface area contributed by atoms with E-state index in [-0.39, 0.29) is 0 Å². The quantitative estimate of drug-likeness (QED) is 0.819. The first-order valence-electron chi connectivity index (χ1n) is 7.60. The number of ether oxygens (including phenoxy) is 2. The van der Waals surface area contributed by atoms with Gasteiger partial charge in [0.15, 0.2) is 0 Å². The molecule has 0 aromatic rings. The monoisotopic (exact) mass is 255 g/mol. The van der Waals surface area contributed by atoms with E-state index in [1.54, 1.807) is 0 Å². The summed E-state index contributed by atoms with van der Waals surface area (Å²) in [7, 11) is 0. The fraction of sp³-hybridized carbons (Fsp3) is 1.00. The molecule has 0 radical (unpaired) electrons. The van der Waals surface area contributed by atoms with Crippen LogP contribution in [0.1, 0.15) is 52.9 Å². The van der Waals surface area contributed by atoms with E-state index in [0.717, 1.165) is 19.8 Å². The Hall–Kier alpha value is -0.120. The Balaban J connectivity index is 1.80. The molecule has 3 heteroatoms. The lowest BCUT2D eigenvalue weighted by atomic mass is 9.87. The molecule has 1 heterocycles. The predicted molar refractivity (Wildman–Crippen MR) is 73.8 cm³/mol. The molecule has 0 aromatic heterocycles. The molecule has 2 aliphatic rings. The second-order valence-electron chi connectivity index (χ2n) is 6.42. The second kappa shape index (κ2) is 6.36. The molecule has 1 saturated carbocycles. The molecule has 106 valence electrons. The highest BCUT2D eigenvalue weighted by Crippen LogP contribution is 2.39. The van der Waals surface area contributed by atoms with Gasteiger partial charge in [0.1, 0.15) is 0 Å². The Morgan fingerprint density at radius 2 is 2.11 bits per heavy atom. The molecule has 1 N–H and O–H groups in total. The van der Waals surface area contributed by atoms with Gasteiger partial charge in [-0.15, -0.1) is 0 Å². The topological polar surface area (TPSA) is 30.5 Å². The van der Waals surface area contributed by atoms with Gasteiger partial charge in [0.05, 0.1) is 18.8 Å². The van der Waals surface area contributed by atoms with Crippen LogP contribution < -0.4 is 5.32 Å². The van der Waals surface area contributed by atoms with Gasteiger partial charge in [-0.05, 0) is 44.1 Å². The van der Waals surface area contributed by atoms with Gasteiger partial charge in [0, 0.05) is 12.6 Å². The van der Waals surface area contributed by atoms with E-state index in [4.69, 9.17) is 9.47 Å². The molecule has 0 amide bonds. The normalized spacial score (nSPS) is 35.8. The maximum absolute atomic E-state index is 6.16. The molecule has 3 unspecified atom stereocenters. The van der Waals surface area contributed by atoms with Crippen molar-refractivity contribution in [2.45, 2.75) is 71.1 Å². The Kier molecular flexibility index (Phi) is 5.05. The zero-order valence-corrected chi connectivity index (χ0v) is 12.2. The molecule has 1 aliphatic carbocycles. The van der Waals surface area contributed by atoms with E-state index in [1.807, 2.05) is 0 Å². The molecule has 0 bridgehead atoms. The number of hydrogen-bond acceptors (Lipinski definition) is 3. The van der Waals surface area contributed by atoms with Crippen molar-refractivity contribution >= 4 is 0 Å². The molecule has 0 aromatic carbocycles. The van der Waals surface area contributed by atoms with Crippen LogP contribution in [0, 0.1) is 5.41 Å². The molecule has 2 fully saturated rings. The van der Waals surface area contributed by atoms with Crippen LogP contribution in [-0.2, 0) is 9.47 Å². The van der Waals surface area contributed by atoms with Crippen LogP contribution in [0.15, 0.2) is 0 Å². The fourth-order valence-corrected chi connectivity index (χ4v) is 3.32. The summed E-state index contributed by atoms with van der Waals surface area (Å²) in [6.45, 7) is 9.59. The maximum Gasteiger partial charge on any atom is 0.0808 e. The molecule has 3 atom stereocenters. The third-order valence-corrected chi connectivity index (χ3v) is 4.48. The van der Waals surface area contributed by atoms with Gasteiger partial charge >= 0.3 is 0 Å². The first-order valence-corrected chi connectivity index (χ1v) is 7.60. The van der Waals surface area contributed by atoms with Crippen LogP contribution in [0.25, 0.3) is 0 Å². The Labute approximate surface area is 112 Å². The molecule has 18 heavy (non-hydrogen) atoms. The van der Waals surface area contributed by atoms with E-state index in [0.29, 0.717) is 23.7 Å². The van der Waals surface area contributed by atoms with Crippen molar-refractivity contribution in [3.8, 4) is 0 Å². The number of likely N-dealkylation sites (N-methyl/N-ethyl adjacent to an activating group) is 1. The van der Waals surface area contributed by atoms with E-state index >= 15 is 0 Å². The van der Waals surface area contributed by atoms with Crippen molar-refractivity contribution < 1.29 is 9.47 Å². The average Bonchev–Trinajstić information content (AvgIpc) is 2.65. The van der Waals surface area contributed by atoms with Gasteiger partial charge in [-0.2, -0.15) is 0 Å². The van der Waals surface area contributed by atoms with Gasteiger partial charge < -0.3 is 14.8 Å². The Morgan fingerprint density at radius 1 is 1.28 bits per heavy atom. The molecule has 0 spiro atoms. The van der Waals surface area contributed by atoms with Crippen molar-refractivity contribution in [2.75, 3.05) is 19.8 Å². The van der Waals surface area contributed by atoms with Crippen LogP contribution in [-0.4, -0.2) is 38.0 Å². The highest BCUT2D eigenvalue weighted by Gasteiger charge is 2.42. The zero-order chi connectivity index (χ0) is 13.0. The SMILES string of the molecule is CCNC1C(OCC2CCCCO2)CCC1(C)C. The highest BCUT2D eigenvalue weighted by atomic mass is 16.5. The molecule has 3 nitrogen and oxygen atoms in total. The van der Waals surface area contributed by atoms with Crippen molar-refractivity contribution in [3.63, 3.8) is 0 Å². The first-order chi connectivity index (χ1) is 8.63. The van der Waals surface area contributed by atoms with Gasteiger partial charge in [0.2, 0.25) is 0 Å². The predicted octanol–water partition coefficient (Wildman–Crippen LogP) is 2.74. The summed E-state index contributed by atoms with van der Waals surface area (Å²) in [4.78, 5) is 0. The highest BCUT2D eigenvalue weighted by molar-refractivity contribution is 4.97. The summed E-state index contributed by atoms with van der Waals surface area (Å²) in [5.41, 5.74) is 0.355. The lowest BCUT2D eigenvalue weighted by Crippen LogP contribution is -2.46. The lowest BCUT2D eigenvalue weighted by Gasteiger charge is -2.32. The smallest absolute Gasteiger partial charge is 0.0808 e. The van der Waals surface area contributed by atoms with Gasteiger partial charge in [-0.1, -0.05) is 20.8 Å². The second-order valence-corrected chi connectivity index (χ2v) is 6.42. The summed E-state index contributed by atoms with van der Waals surface area (Å²) in [5.74, 6) is 0. The Bertz CT molecular complexity index is 249. The molecule has 2 rings (SSSR count). The minimum Gasteiger partial charge on any atom is -0.376 e. The van der Waals surface area contributed by atoms with Gasteiger partial charge in [-0.3, -0.25) is 0 Å². The summed E-state index contributed by atoms with van der Waals surface area (Å²) >= 11 is 0. The maximum atomic E-state index is 6.16. The third kappa shape index (κ3) is 3.46. The van der Waals surface area contributed by atoms with Crippen LogP contribution in [0.4, 0.5) is 0 Å². The van der Waals surface area contributed by atoms with Crippen LogP contribution in [0.3, 0.4) is 0 Å². The van der Waals surface area contributed by atoms with E-state index in [2.05, 4.69) is 26.1 Å². The molecular formula is C15H29NO2. The van der Waals surface area contributed by atoms with E-state index in [9.17, 15) is 0 Å². The third-order valence-electron chi connectivity index (χ3n) is 4.48. The standard InChI is InChI=1S/C15H29NO2/c1-4-16-14-13(8-9-15(14,2)3)18-11-12-7-5-6-10-17-12/h12-14,16H,4-11H2,1-3H3.